The van der Waals surface area contributed by atoms with E-state index in [1.807, 2.05) is 6.92 Å². The van der Waals surface area contributed by atoms with Gasteiger partial charge in [-0.15, -0.1) is 0 Å². The zero-order valence-corrected chi connectivity index (χ0v) is 11.1. The molecule has 6 nitrogen and oxygen atoms in total. The SMILES string of the molecule is CCn1cc(N)c(C(=O)N(C)CCCCCO)n1. The molecule has 18 heavy (non-hydrogen) atoms. The number of aromatic nitrogens is 2. The molecule has 1 aromatic rings. The first kappa shape index (κ1) is 14.5. The first-order chi connectivity index (χ1) is 8.60. The van der Waals surface area contributed by atoms with Gasteiger partial charge in [0.25, 0.3) is 5.91 Å². The molecule has 0 spiro atoms. The summed E-state index contributed by atoms with van der Waals surface area (Å²) in [4.78, 5) is 13.7. The van der Waals surface area contributed by atoms with Crippen LogP contribution in [0.15, 0.2) is 6.20 Å². The number of carbonyl (C=O) groups excluding carboxylic acids is 1. The molecule has 0 aliphatic carbocycles. The smallest absolute Gasteiger partial charge is 0.276 e. The molecule has 0 saturated carbocycles. The first-order valence-corrected chi connectivity index (χ1v) is 6.29. The Balaban J connectivity index is 2.54. The highest BCUT2D eigenvalue weighted by molar-refractivity contribution is 5.96. The number of aliphatic hydroxyl groups is 1. The molecule has 0 aliphatic rings. The average molecular weight is 254 g/mol. The Morgan fingerprint density at radius 3 is 2.78 bits per heavy atom. The number of nitrogens with two attached hydrogens (primary N) is 1. The number of aliphatic hydroxyl groups excluding tert-OH is 1. The average Bonchev–Trinajstić information content (AvgIpc) is 2.74. The Kier molecular flexibility index (Phi) is 5.64. The van der Waals surface area contributed by atoms with Gasteiger partial charge < -0.3 is 15.7 Å². The van der Waals surface area contributed by atoms with Crippen molar-refractivity contribution in [1.29, 1.82) is 0 Å². The molecule has 6 heteroatoms. The summed E-state index contributed by atoms with van der Waals surface area (Å²) in [5.74, 6) is -0.149. The number of nitrogens with zero attached hydrogens (tertiary/aromatic N) is 3. The molecular formula is C12H22N4O2. The minimum atomic E-state index is -0.149. The van der Waals surface area contributed by atoms with Crippen LogP contribution in [0.4, 0.5) is 5.69 Å². The molecule has 1 heterocycles. The second-order valence-electron chi connectivity index (χ2n) is 4.30. The third-order valence-corrected chi connectivity index (χ3v) is 2.81. The van der Waals surface area contributed by atoms with Crippen LogP contribution >= 0.6 is 0 Å². The molecule has 0 saturated heterocycles. The van der Waals surface area contributed by atoms with Gasteiger partial charge in [0.1, 0.15) is 0 Å². The summed E-state index contributed by atoms with van der Waals surface area (Å²) in [7, 11) is 1.74. The Labute approximate surface area is 107 Å². The van der Waals surface area contributed by atoms with Crippen molar-refractivity contribution in [2.75, 3.05) is 25.9 Å². The van der Waals surface area contributed by atoms with E-state index in [1.54, 1.807) is 22.8 Å². The minimum Gasteiger partial charge on any atom is -0.396 e. The van der Waals surface area contributed by atoms with Gasteiger partial charge in [-0.25, -0.2) is 0 Å². The van der Waals surface area contributed by atoms with E-state index in [-0.39, 0.29) is 12.5 Å². The van der Waals surface area contributed by atoms with Gasteiger partial charge in [-0.05, 0) is 26.2 Å². The number of unbranched alkanes of at least 4 members (excludes halogenated alkanes) is 2. The van der Waals surface area contributed by atoms with E-state index in [0.717, 1.165) is 19.3 Å². The summed E-state index contributed by atoms with van der Waals surface area (Å²) in [5.41, 5.74) is 6.51. The van der Waals surface area contributed by atoms with Gasteiger partial charge in [-0.2, -0.15) is 5.10 Å². The molecule has 0 bridgehead atoms. The van der Waals surface area contributed by atoms with Crippen LogP contribution < -0.4 is 5.73 Å². The highest BCUT2D eigenvalue weighted by Crippen LogP contribution is 2.12. The van der Waals surface area contributed by atoms with Gasteiger partial charge in [-0.1, -0.05) is 0 Å². The zero-order chi connectivity index (χ0) is 13.5. The van der Waals surface area contributed by atoms with E-state index in [1.165, 1.54) is 0 Å². The fraction of sp³-hybridized carbons (Fsp3) is 0.667. The number of carbonyl (C=O) groups is 1. The van der Waals surface area contributed by atoms with E-state index in [0.29, 0.717) is 24.5 Å². The van der Waals surface area contributed by atoms with Crippen LogP contribution in [0.3, 0.4) is 0 Å². The van der Waals surface area contributed by atoms with Crippen LogP contribution in [0.2, 0.25) is 0 Å². The molecule has 1 aromatic heterocycles. The second kappa shape index (κ2) is 7.00. The van der Waals surface area contributed by atoms with Gasteiger partial charge in [0, 0.05) is 32.9 Å². The molecule has 1 rings (SSSR count). The van der Waals surface area contributed by atoms with Crippen molar-refractivity contribution in [3.05, 3.63) is 11.9 Å². The first-order valence-electron chi connectivity index (χ1n) is 6.29. The fourth-order valence-corrected chi connectivity index (χ4v) is 1.68. The van der Waals surface area contributed by atoms with Gasteiger partial charge in [0.2, 0.25) is 0 Å². The number of rotatable bonds is 7. The van der Waals surface area contributed by atoms with Crippen LogP contribution in [0.5, 0.6) is 0 Å². The molecule has 0 aromatic carbocycles. The Bertz CT molecular complexity index is 389. The molecule has 3 N–H and O–H groups in total. The highest BCUT2D eigenvalue weighted by atomic mass is 16.2. The van der Waals surface area contributed by atoms with Crippen LogP contribution in [0.1, 0.15) is 36.7 Å². The Morgan fingerprint density at radius 2 is 2.22 bits per heavy atom. The van der Waals surface area contributed by atoms with Gasteiger partial charge in [0.15, 0.2) is 5.69 Å². The number of aryl methyl sites for hydroxylation is 1. The van der Waals surface area contributed by atoms with Crippen molar-refractivity contribution >= 4 is 11.6 Å². The zero-order valence-electron chi connectivity index (χ0n) is 11.1. The molecule has 0 atom stereocenters. The van der Waals surface area contributed by atoms with Crippen molar-refractivity contribution in [2.45, 2.75) is 32.7 Å². The summed E-state index contributed by atoms with van der Waals surface area (Å²) < 4.78 is 1.65. The maximum Gasteiger partial charge on any atom is 0.276 e. The Hall–Kier alpha value is -1.56. The number of anilines is 1. The van der Waals surface area contributed by atoms with Crippen LogP contribution in [0, 0.1) is 0 Å². The quantitative estimate of drug-likeness (QED) is 0.702. The summed E-state index contributed by atoms with van der Waals surface area (Å²) in [5, 5.41) is 12.8. The van der Waals surface area contributed by atoms with E-state index >= 15 is 0 Å². The third-order valence-electron chi connectivity index (χ3n) is 2.81. The molecular weight excluding hydrogens is 232 g/mol. The number of hydrogen-bond acceptors (Lipinski definition) is 4. The lowest BCUT2D eigenvalue weighted by Crippen LogP contribution is -2.28. The van der Waals surface area contributed by atoms with Crippen LogP contribution in [-0.4, -0.2) is 45.9 Å². The lowest BCUT2D eigenvalue weighted by Gasteiger charge is -2.15. The molecule has 102 valence electrons. The standard InChI is InChI=1S/C12H22N4O2/c1-3-16-9-10(13)11(14-16)12(18)15(2)7-5-4-6-8-17/h9,17H,3-8,13H2,1-2H3. The largest absolute Gasteiger partial charge is 0.396 e. The van der Waals surface area contributed by atoms with E-state index in [4.69, 9.17) is 10.8 Å². The lowest BCUT2D eigenvalue weighted by molar-refractivity contribution is 0.0786. The number of nitrogen functional groups attached to an aromatic ring is 1. The summed E-state index contributed by atoms with van der Waals surface area (Å²) in [6.07, 6.45) is 4.23. The topological polar surface area (TPSA) is 84.4 Å². The van der Waals surface area contributed by atoms with Gasteiger partial charge in [-0.3, -0.25) is 9.48 Å². The maximum absolute atomic E-state index is 12.1. The fourth-order valence-electron chi connectivity index (χ4n) is 1.68. The van der Waals surface area contributed by atoms with E-state index in [2.05, 4.69) is 5.10 Å². The summed E-state index contributed by atoms with van der Waals surface area (Å²) in [6, 6.07) is 0. The highest BCUT2D eigenvalue weighted by Gasteiger charge is 2.18. The molecule has 1 amide bonds. The predicted octanol–water partition coefficient (Wildman–Crippen LogP) is 0.720. The second-order valence-corrected chi connectivity index (χ2v) is 4.30. The van der Waals surface area contributed by atoms with E-state index < -0.39 is 0 Å². The molecule has 0 aliphatic heterocycles. The predicted molar refractivity (Wildman–Crippen MR) is 70.2 cm³/mol. The van der Waals surface area contributed by atoms with Gasteiger partial charge >= 0.3 is 0 Å². The third kappa shape index (κ3) is 3.73. The van der Waals surface area contributed by atoms with E-state index in [9.17, 15) is 4.79 Å². The number of amides is 1. The monoisotopic (exact) mass is 254 g/mol. The van der Waals surface area contributed by atoms with Crippen molar-refractivity contribution in [2.24, 2.45) is 0 Å². The Morgan fingerprint density at radius 1 is 1.50 bits per heavy atom. The molecule has 0 fully saturated rings. The molecule has 0 radical (unpaired) electrons. The summed E-state index contributed by atoms with van der Waals surface area (Å²) in [6.45, 7) is 3.49. The maximum atomic E-state index is 12.1. The minimum absolute atomic E-state index is 0.149. The van der Waals surface area contributed by atoms with Crippen molar-refractivity contribution in [3.63, 3.8) is 0 Å². The van der Waals surface area contributed by atoms with Crippen molar-refractivity contribution in [3.8, 4) is 0 Å². The number of hydrogen-bond donors (Lipinski definition) is 2. The van der Waals surface area contributed by atoms with Crippen molar-refractivity contribution in [1.82, 2.24) is 14.7 Å². The van der Waals surface area contributed by atoms with Crippen LogP contribution in [-0.2, 0) is 6.54 Å². The van der Waals surface area contributed by atoms with Gasteiger partial charge in [0.05, 0.1) is 5.69 Å². The van der Waals surface area contributed by atoms with Crippen LogP contribution in [0.25, 0.3) is 0 Å². The molecule has 0 unspecified atom stereocenters. The normalized spacial score (nSPS) is 10.6. The lowest BCUT2D eigenvalue weighted by atomic mass is 10.2. The van der Waals surface area contributed by atoms with Crippen molar-refractivity contribution < 1.29 is 9.90 Å². The summed E-state index contributed by atoms with van der Waals surface area (Å²) >= 11 is 0.